The number of carbonyl (C=O) groups is 1. The van der Waals surface area contributed by atoms with Crippen LogP contribution in [0.15, 0.2) is 65.4 Å². The van der Waals surface area contributed by atoms with Gasteiger partial charge >= 0.3 is 5.97 Å². The Balaban J connectivity index is 1.70. The minimum Gasteiger partial charge on any atom is -0.487 e. The van der Waals surface area contributed by atoms with Crippen LogP contribution < -0.4 is 4.74 Å². The molecule has 0 aliphatic heterocycles. The second-order valence-electron chi connectivity index (χ2n) is 5.61. The Kier molecular flexibility index (Phi) is 4.48. The number of rotatable bonds is 5. The normalized spacial score (nSPS) is 11.0. The lowest BCUT2D eigenvalue weighted by Crippen LogP contribution is -1.99. The summed E-state index contributed by atoms with van der Waals surface area (Å²) in [4.78, 5) is 16.2. The monoisotopic (exact) mass is 428 g/mol. The molecule has 0 amide bonds. The predicted molar refractivity (Wildman–Crippen MR) is 104 cm³/mol. The molecule has 4 rings (SSSR count). The SMILES string of the molecule is O=C(O)c1sc(-n2cnc3cc(Br)ccc32)cc1OCc1ccccc1. The number of benzene rings is 2. The van der Waals surface area contributed by atoms with Crippen molar-refractivity contribution in [1.29, 1.82) is 0 Å². The number of imidazole rings is 1. The number of aromatic carboxylic acids is 1. The molecule has 7 heteroatoms. The van der Waals surface area contributed by atoms with Crippen LogP contribution >= 0.6 is 27.3 Å². The third-order valence-corrected chi connectivity index (χ3v) is 5.46. The van der Waals surface area contributed by atoms with E-state index in [0.717, 1.165) is 26.1 Å². The highest BCUT2D eigenvalue weighted by Crippen LogP contribution is 2.34. The van der Waals surface area contributed by atoms with Crippen molar-refractivity contribution >= 4 is 44.3 Å². The number of halogens is 1. The summed E-state index contributed by atoms with van der Waals surface area (Å²) in [6, 6.07) is 17.2. The standard InChI is InChI=1S/C19H13BrN2O3S/c20-13-6-7-15-14(8-13)21-11-22(15)17-9-16(18(26-17)19(23)24)25-10-12-4-2-1-3-5-12/h1-9,11H,10H2,(H,23,24). The molecule has 0 aliphatic rings. The lowest BCUT2D eigenvalue weighted by Gasteiger charge is -2.05. The molecule has 26 heavy (non-hydrogen) atoms. The zero-order valence-electron chi connectivity index (χ0n) is 13.4. The van der Waals surface area contributed by atoms with E-state index in [0.29, 0.717) is 12.4 Å². The summed E-state index contributed by atoms with van der Waals surface area (Å²) in [5.41, 5.74) is 2.71. The van der Waals surface area contributed by atoms with Crippen LogP contribution in [0.1, 0.15) is 15.2 Å². The van der Waals surface area contributed by atoms with Gasteiger partial charge in [0.05, 0.1) is 11.0 Å². The molecule has 0 saturated heterocycles. The molecular formula is C19H13BrN2O3S. The van der Waals surface area contributed by atoms with E-state index in [9.17, 15) is 9.90 Å². The number of aromatic nitrogens is 2. The highest BCUT2D eigenvalue weighted by molar-refractivity contribution is 9.10. The van der Waals surface area contributed by atoms with Gasteiger partial charge in [-0.2, -0.15) is 0 Å². The van der Waals surface area contributed by atoms with Crippen molar-refractivity contribution in [1.82, 2.24) is 9.55 Å². The molecule has 2 heterocycles. The Hall–Kier alpha value is -2.64. The van der Waals surface area contributed by atoms with Crippen LogP contribution in [0.5, 0.6) is 5.75 Å². The topological polar surface area (TPSA) is 64.3 Å². The summed E-state index contributed by atoms with van der Waals surface area (Å²) in [5, 5.41) is 10.3. The fourth-order valence-corrected chi connectivity index (χ4v) is 3.91. The van der Waals surface area contributed by atoms with Crippen LogP contribution in [-0.2, 0) is 6.61 Å². The Morgan fingerprint density at radius 1 is 1.19 bits per heavy atom. The lowest BCUT2D eigenvalue weighted by molar-refractivity contribution is 0.0697. The Labute approximate surface area is 161 Å². The van der Waals surface area contributed by atoms with Crippen LogP contribution in [0, 0.1) is 0 Å². The van der Waals surface area contributed by atoms with E-state index in [2.05, 4.69) is 20.9 Å². The number of carboxylic acid groups (broad SMARTS) is 1. The summed E-state index contributed by atoms with van der Waals surface area (Å²) in [7, 11) is 0. The number of hydrogen-bond donors (Lipinski definition) is 1. The van der Waals surface area contributed by atoms with Crippen molar-refractivity contribution in [3.8, 4) is 10.8 Å². The molecule has 4 aromatic rings. The van der Waals surface area contributed by atoms with Crippen molar-refractivity contribution in [3.05, 3.63) is 75.8 Å². The first kappa shape index (κ1) is 16.8. The average Bonchev–Trinajstić information content (AvgIpc) is 3.24. The summed E-state index contributed by atoms with van der Waals surface area (Å²) in [6.07, 6.45) is 1.69. The molecule has 2 aromatic heterocycles. The number of fused-ring (bicyclic) bond motifs is 1. The second kappa shape index (κ2) is 6.93. The van der Waals surface area contributed by atoms with E-state index in [-0.39, 0.29) is 4.88 Å². The molecule has 0 atom stereocenters. The van der Waals surface area contributed by atoms with Gasteiger partial charge in [0, 0.05) is 10.5 Å². The van der Waals surface area contributed by atoms with Crippen LogP contribution in [0.2, 0.25) is 0 Å². The first-order chi connectivity index (χ1) is 12.6. The van der Waals surface area contributed by atoms with Gasteiger partial charge in [-0.15, -0.1) is 11.3 Å². The molecule has 5 nitrogen and oxygen atoms in total. The van der Waals surface area contributed by atoms with Gasteiger partial charge in [0.15, 0.2) is 4.88 Å². The maximum atomic E-state index is 11.6. The Morgan fingerprint density at radius 2 is 2.00 bits per heavy atom. The fourth-order valence-electron chi connectivity index (χ4n) is 2.63. The van der Waals surface area contributed by atoms with Gasteiger partial charge in [-0.1, -0.05) is 46.3 Å². The smallest absolute Gasteiger partial charge is 0.349 e. The van der Waals surface area contributed by atoms with E-state index in [4.69, 9.17) is 4.74 Å². The molecule has 0 unspecified atom stereocenters. The molecule has 0 spiro atoms. The van der Waals surface area contributed by atoms with Gasteiger partial charge in [0.2, 0.25) is 0 Å². The van der Waals surface area contributed by atoms with Gasteiger partial charge in [0.1, 0.15) is 23.7 Å². The maximum absolute atomic E-state index is 11.6. The molecule has 0 saturated carbocycles. The molecule has 130 valence electrons. The fraction of sp³-hybridized carbons (Fsp3) is 0.0526. The second-order valence-corrected chi connectivity index (χ2v) is 7.55. The number of nitrogens with zero attached hydrogens (tertiary/aromatic N) is 2. The summed E-state index contributed by atoms with van der Waals surface area (Å²) >= 11 is 4.60. The quantitative estimate of drug-likeness (QED) is 0.478. The molecule has 1 N–H and O–H groups in total. The van der Waals surface area contributed by atoms with Crippen LogP contribution in [-0.4, -0.2) is 20.6 Å². The summed E-state index contributed by atoms with van der Waals surface area (Å²) < 4.78 is 8.60. The molecule has 2 aromatic carbocycles. The first-order valence-electron chi connectivity index (χ1n) is 7.78. The minimum atomic E-state index is -1.00. The van der Waals surface area contributed by atoms with E-state index < -0.39 is 5.97 Å². The van der Waals surface area contributed by atoms with Gasteiger partial charge in [-0.3, -0.25) is 4.57 Å². The summed E-state index contributed by atoms with van der Waals surface area (Å²) in [5.74, 6) is -0.642. The number of carboxylic acids is 1. The van der Waals surface area contributed by atoms with E-state index in [1.165, 1.54) is 11.3 Å². The van der Waals surface area contributed by atoms with Gasteiger partial charge in [-0.05, 0) is 23.8 Å². The first-order valence-corrected chi connectivity index (χ1v) is 9.39. The van der Waals surface area contributed by atoms with E-state index >= 15 is 0 Å². The van der Waals surface area contributed by atoms with Crippen molar-refractivity contribution in [2.45, 2.75) is 6.61 Å². The average molecular weight is 429 g/mol. The predicted octanol–water partition coefficient (Wildman–Crippen LogP) is 5.13. The highest BCUT2D eigenvalue weighted by atomic mass is 79.9. The molecule has 0 bridgehead atoms. The zero-order chi connectivity index (χ0) is 18.1. The number of thiophene rings is 1. The van der Waals surface area contributed by atoms with E-state index in [1.54, 1.807) is 12.4 Å². The van der Waals surface area contributed by atoms with Crippen molar-refractivity contribution in [2.75, 3.05) is 0 Å². The number of ether oxygens (including phenoxy) is 1. The van der Waals surface area contributed by atoms with Gasteiger partial charge in [-0.25, -0.2) is 9.78 Å². The van der Waals surface area contributed by atoms with Gasteiger partial charge < -0.3 is 9.84 Å². The summed E-state index contributed by atoms with van der Waals surface area (Å²) in [6.45, 7) is 0.314. The third kappa shape index (κ3) is 3.23. The van der Waals surface area contributed by atoms with Crippen LogP contribution in [0.4, 0.5) is 0 Å². The van der Waals surface area contributed by atoms with Crippen molar-refractivity contribution < 1.29 is 14.6 Å². The maximum Gasteiger partial charge on any atom is 0.349 e. The Morgan fingerprint density at radius 3 is 2.77 bits per heavy atom. The van der Waals surface area contributed by atoms with Gasteiger partial charge in [0.25, 0.3) is 0 Å². The van der Waals surface area contributed by atoms with Crippen LogP contribution in [0.3, 0.4) is 0 Å². The molecular weight excluding hydrogens is 416 g/mol. The number of hydrogen-bond acceptors (Lipinski definition) is 4. The third-order valence-electron chi connectivity index (χ3n) is 3.86. The molecule has 0 aliphatic carbocycles. The highest BCUT2D eigenvalue weighted by Gasteiger charge is 2.19. The van der Waals surface area contributed by atoms with Crippen molar-refractivity contribution in [2.24, 2.45) is 0 Å². The van der Waals surface area contributed by atoms with E-state index in [1.807, 2.05) is 53.1 Å². The lowest BCUT2D eigenvalue weighted by atomic mass is 10.2. The van der Waals surface area contributed by atoms with Crippen molar-refractivity contribution in [3.63, 3.8) is 0 Å². The minimum absolute atomic E-state index is 0.176. The Bertz CT molecular complexity index is 1090. The molecule has 0 radical (unpaired) electrons. The zero-order valence-corrected chi connectivity index (χ0v) is 15.8. The largest absolute Gasteiger partial charge is 0.487 e. The van der Waals surface area contributed by atoms with Crippen LogP contribution in [0.25, 0.3) is 16.0 Å². The molecule has 0 fully saturated rings.